The molecule has 4 heteroatoms. The zero-order valence-corrected chi connectivity index (χ0v) is 13.7. The molecule has 1 aromatic carbocycles. The second-order valence-corrected chi connectivity index (χ2v) is 5.67. The maximum absolute atomic E-state index is 12.2. The van der Waals surface area contributed by atoms with Gasteiger partial charge in [0.25, 0.3) is 5.91 Å². The van der Waals surface area contributed by atoms with Crippen molar-refractivity contribution in [1.82, 2.24) is 0 Å². The van der Waals surface area contributed by atoms with Crippen LogP contribution in [0.3, 0.4) is 0 Å². The van der Waals surface area contributed by atoms with Crippen LogP contribution in [-0.2, 0) is 9.53 Å². The van der Waals surface area contributed by atoms with Crippen LogP contribution in [0.1, 0.15) is 47.5 Å². The predicted molar refractivity (Wildman–Crippen MR) is 85.8 cm³/mol. The first-order valence-corrected chi connectivity index (χ1v) is 7.61. The van der Waals surface area contributed by atoms with E-state index in [0.29, 0.717) is 6.61 Å². The first-order chi connectivity index (χ1) is 9.89. The Morgan fingerprint density at radius 3 is 2.38 bits per heavy atom. The van der Waals surface area contributed by atoms with E-state index in [1.54, 1.807) is 13.8 Å². The van der Waals surface area contributed by atoms with E-state index >= 15 is 0 Å². The van der Waals surface area contributed by atoms with Crippen molar-refractivity contribution in [2.75, 3.05) is 11.9 Å². The van der Waals surface area contributed by atoms with Crippen molar-refractivity contribution >= 4 is 11.6 Å². The third-order valence-corrected chi connectivity index (χ3v) is 3.24. The normalized spacial score (nSPS) is 12.8. The molecule has 0 aliphatic rings. The Labute approximate surface area is 127 Å². The summed E-state index contributed by atoms with van der Waals surface area (Å²) >= 11 is 0. The summed E-state index contributed by atoms with van der Waals surface area (Å²) in [6.45, 7) is 10.3. The Morgan fingerprint density at radius 1 is 1.24 bits per heavy atom. The Morgan fingerprint density at radius 2 is 1.86 bits per heavy atom. The van der Waals surface area contributed by atoms with Gasteiger partial charge in [-0.1, -0.05) is 13.8 Å². The molecule has 0 saturated carbocycles. The molecule has 1 rings (SSSR count). The first kappa shape index (κ1) is 17.5. The SMILES string of the molecule is CCCOC(C)(C)C(=O)Nc1ccc(OC(C)CC)cc1. The molecule has 1 aromatic rings. The number of hydrogen-bond donors (Lipinski definition) is 1. The highest BCUT2D eigenvalue weighted by Gasteiger charge is 2.28. The molecule has 1 unspecified atom stereocenters. The lowest BCUT2D eigenvalue weighted by molar-refractivity contribution is -0.137. The number of carbonyl (C=O) groups excluding carboxylic acids is 1. The number of hydrogen-bond acceptors (Lipinski definition) is 3. The highest BCUT2D eigenvalue weighted by Crippen LogP contribution is 2.19. The lowest BCUT2D eigenvalue weighted by Gasteiger charge is -2.24. The van der Waals surface area contributed by atoms with Crippen molar-refractivity contribution in [1.29, 1.82) is 0 Å². The number of nitrogens with one attached hydrogen (secondary N) is 1. The Hall–Kier alpha value is -1.55. The zero-order valence-electron chi connectivity index (χ0n) is 13.7. The van der Waals surface area contributed by atoms with Gasteiger partial charge >= 0.3 is 0 Å². The van der Waals surface area contributed by atoms with Crippen molar-refractivity contribution in [3.05, 3.63) is 24.3 Å². The van der Waals surface area contributed by atoms with Crippen molar-refractivity contribution in [2.45, 2.75) is 59.2 Å². The Kier molecular flexibility index (Phi) is 6.69. The number of amides is 1. The summed E-state index contributed by atoms with van der Waals surface area (Å²) in [5.74, 6) is 0.662. The van der Waals surface area contributed by atoms with E-state index < -0.39 is 5.60 Å². The van der Waals surface area contributed by atoms with Crippen LogP contribution in [0.5, 0.6) is 5.75 Å². The molecule has 0 aromatic heterocycles. The van der Waals surface area contributed by atoms with Gasteiger partial charge in [0.2, 0.25) is 0 Å². The maximum Gasteiger partial charge on any atom is 0.256 e. The van der Waals surface area contributed by atoms with E-state index in [4.69, 9.17) is 9.47 Å². The number of carbonyl (C=O) groups is 1. The van der Waals surface area contributed by atoms with Crippen LogP contribution < -0.4 is 10.1 Å². The molecule has 0 aliphatic heterocycles. The fourth-order valence-corrected chi connectivity index (χ4v) is 1.64. The molecule has 0 aliphatic carbocycles. The van der Waals surface area contributed by atoms with Crippen LogP contribution in [0.15, 0.2) is 24.3 Å². The van der Waals surface area contributed by atoms with Crippen molar-refractivity contribution in [3.63, 3.8) is 0 Å². The van der Waals surface area contributed by atoms with E-state index in [9.17, 15) is 4.79 Å². The van der Waals surface area contributed by atoms with E-state index in [1.165, 1.54) is 0 Å². The predicted octanol–water partition coefficient (Wildman–Crippen LogP) is 4.01. The summed E-state index contributed by atoms with van der Waals surface area (Å²) < 4.78 is 11.3. The van der Waals surface area contributed by atoms with Crippen molar-refractivity contribution < 1.29 is 14.3 Å². The first-order valence-electron chi connectivity index (χ1n) is 7.61. The Bertz CT molecular complexity index is 440. The summed E-state index contributed by atoms with van der Waals surface area (Å²) in [4.78, 5) is 12.2. The van der Waals surface area contributed by atoms with Crippen LogP contribution in [0.25, 0.3) is 0 Å². The minimum Gasteiger partial charge on any atom is -0.491 e. The summed E-state index contributed by atoms with van der Waals surface area (Å²) in [5, 5.41) is 2.87. The van der Waals surface area contributed by atoms with Crippen LogP contribution in [0.2, 0.25) is 0 Å². The summed E-state index contributed by atoms with van der Waals surface area (Å²) in [5.41, 5.74) is -0.0910. The third-order valence-electron chi connectivity index (χ3n) is 3.24. The lowest BCUT2D eigenvalue weighted by Crippen LogP contribution is -2.40. The third kappa shape index (κ3) is 5.76. The van der Waals surface area contributed by atoms with Gasteiger partial charge < -0.3 is 14.8 Å². The molecule has 0 saturated heterocycles. The molecule has 1 N–H and O–H groups in total. The highest BCUT2D eigenvalue weighted by molar-refractivity contribution is 5.96. The monoisotopic (exact) mass is 293 g/mol. The molecule has 21 heavy (non-hydrogen) atoms. The molecule has 4 nitrogen and oxygen atoms in total. The van der Waals surface area contributed by atoms with Crippen molar-refractivity contribution in [2.24, 2.45) is 0 Å². The van der Waals surface area contributed by atoms with Gasteiger partial charge in [0.1, 0.15) is 11.4 Å². The van der Waals surface area contributed by atoms with E-state index in [1.807, 2.05) is 38.1 Å². The van der Waals surface area contributed by atoms with Crippen LogP contribution in [-0.4, -0.2) is 24.2 Å². The average molecular weight is 293 g/mol. The second-order valence-electron chi connectivity index (χ2n) is 5.67. The molecule has 0 bridgehead atoms. The largest absolute Gasteiger partial charge is 0.491 e. The lowest BCUT2D eigenvalue weighted by atomic mass is 10.1. The van der Waals surface area contributed by atoms with E-state index in [2.05, 4.69) is 12.2 Å². The molecule has 0 spiro atoms. The van der Waals surface area contributed by atoms with Crippen LogP contribution in [0, 0.1) is 0 Å². The Balaban J connectivity index is 2.60. The topological polar surface area (TPSA) is 47.6 Å². The number of ether oxygens (including phenoxy) is 2. The number of anilines is 1. The summed E-state index contributed by atoms with van der Waals surface area (Å²) in [6, 6.07) is 7.40. The van der Waals surface area contributed by atoms with Crippen LogP contribution >= 0.6 is 0 Å². The molecular formula is C17H27NO3. The molecule has 0 heterocycles. The van der Waals surface area contributed by atoms with Gasteiger partial charge in [-0.05, 0) is 57.9 Å². The van der Waals surface area contributed by atoms with Gasteiger partial charge in [-0.15, -0.1) is 0 Å². The number of benzene rings is 1. The molecule has 0 fully saturated rings. The van der Waals surface area contributed by atoms with Gasteiger partial charge in [-0.3, -0.25) is 4.79 Å². The quantitative estimate of drug-likeness (QED) is 0.788. The number of rotatable bonds is 8. The summed E-state index contributed by atoms with van der Waals surface area (Å²) in [7, 11) is 0. The minimum absolute atomic E-state index is 0.147. The summed E-state index contributed by atoms with van der Waals surface area (Å²) in [6.07, 6.45) is 2.03. The fraction of sp³-hybridized carbons (Fsp3) is 0.588. The van der Waals surface area contributed by atoms with E-state index in [-0.39, 0.29) is 12.0 Å². The fourth-order valence-electron chi connectivity index (χ4n) is 1.64. The van der Waals surface area contributed by atoms with Gasteiger partial charge in [0, 0.05) is 12.3 Å². The maximum atomic E-state index is 12.2. The minimum atomic E-state index is -0.831. The molecule has 118 valence electrons. The molecule has 1 amide bonds. The van der Waals surface area contributed by atoms with Crippen LogP contribution in [0.4, 0.5) is 5.69 Å². The highest BCUT2D eigenvalue weighted by atomic mass is 16.5. The second kappa shape index (κ2) is 8.03. The van der Waals surface area contributed by atoms with Gasteiger partial charge in [0.15, 0.2) is 0 Å². The van der Waals surface area contributed by atoms with E-state index in [0.717, 1.165) is 24.3 Å². The average Bonchev–Trinajstić information content (AvgIpc) is 2.47. The smallest absolute Gasteiger partial charge is 0.256 e. The molecule has 0 radical (unpaired) electrons. The molecule has 1 atom stereocenters. The molecular weight excluding hydrogens is 266 g/mol. The van der Waals surface area contributed by atoms with Gasteiger partial charge in [-0.25, -0.2) is 0 Å². The van der Waals surface area contributed by atoms with Crippen molar-refractivity contribution in [3.8, 4) is 5.75 Å². The zero-order chi connectivity index (χ0) is 15.9. The standard InChI is InChI=1S/C17H27NO3/c1-6-12-20-17(4,5)16(19)18-14-8-10-15(11-9-14)21-13(3)7-2/h8-11,13H,6-7,12H2,1-5H3,(H,18,19). The van der Waals surface area contributed by atoms with Gasteiger partial charge in [0.05, 0.1) is 6.10 Å². The van der Waals surface area contributed by atoms with Gasteiger partial charge in [-0.2, -0.15) is 0 Å².